The van der Waals surface area contributed by atoms with E-state index in [4.69, 9.17) is 23.5 Å². The fourth-order valence-corrected chi connectivity index (χ4v) is 3.35. The summed E-state index contributed by atoms with van der Waals surface area (Å²) in [5.74, 6) is 1.07. The molecule has 0 aliphatic heterocycles. The lowest BCUT2D eigenvalue weighted by Gasteiger charge is -2.27. The predicted molar refractivity (Wildman–Crippen MR) is 103 cm³/mol. The van der Waals surface area contributed by atoms with E-state index < -0.39 is 10.1 Å². The van der Waals surface area contributed by atoms with Gasteiger partial charge in [0, 0.05) is 39.3 Å². The summed E-state index contributed by atoms with van der Waals surface area (Å²) in [5.41, 5.74) is 0.966. The molecule has 0 saturated heterocycles. The van der Waals surface area contributed by atoms with E-state index in [2.05, 4.69) is 4.90 Å². The van der Waals surface area contributed by atoms with E-state index in [0.717, 1.165) is 5.56 Å². The van der Waals surface area contributed by atoms with Crippen LogP contribution in [0.3, 0.4) is 0 Å². The summed E-state index contributed by atoms with van der Waals surface area (Å²) >= 11 is 0. The van der Waals surface area contributed by atoms with E-state index in [-0.39, 0.29) is 11.9 Å². The fraction of sp³-hybridized carbons (Fsp3) is 0.667. The Labute approximate surface area is 162 Å². The molecular formula is C18H31NO7S. The van der Waals surface area contributed by atoms with Crippen molar-refractivity contribution in [3.05, 3.63) is 23.8 Å². The van der Waals surface area contributed by atoms with Gasteiger partial charge in [0.1, 0.15) is 0 Å². The third-order valence-corrected chi connectivity index (χ3v) is 5.02. The van der Waals surface area contributed by atoms with Gasteiger partial charge in [-0.2, -0.15) is 8.42 Å². The number of hydrogen-bond donors (Lipinski definition) is 1. The Bertz CT molecular complexity index is 651. The van der Waals surface area contributed by atoms with Crippen LogP contribution in [0.4, 0.5) is 0 Å². The van der Waals surface area contributed by atoms with Gasteiger partial charge in [-0.15, -0.1) is 0 Å². The van der Waals surface area contributed by atoms with Gasteiger partial charge in [0.15, 0.2) is 11.5 Å². The van der Waals surface area contributed by atoms with Crippen LogP contribution in [0.25, 0.3) is 0 Å². The van der Waals surface area contributed by atoms with Crippen LogP contribution in [0, 0.1) is 0 Å². The maximum atomic E-state index is 10.9. The number of nitrogens with zero attached hydrogens (tertiary/aromatic N) is 1. The van der Waals surface area contributed by atoms with Crippen molar-refractivity contribution >= 4 is 10.1 Å². The predicted octanol–water partition coefficient (Wildman–Crippen LogP) is 1.49. The Hall–Kier alpha value is -1.39. The van der Waals surface area contributed by atoms with Crippen molar-refractivity contribution in [1.82, 2.24) is 4.90 Å². The Morgan fingerprint density at radius 1 is 1.11 bits per heavy atom. The van der Waals surface area contributed by atoms with E-state index >= 15 is 0 Å². The molecule has 9 heteroatoms. The van der Waals surface area contributed by atoms with Crippen molar-refractivity contribution in [2.24, 2.45) is 0 Å². The Morgan fingerprint density at radius 3 is 2.41 bits per heavy atom. The first-order chi connectivity index (χ1) is 12.8. The number of para-hydroxylation sites is 1. The summed E-state index contributed by atoms with van der Waals surface area (Å²) in [6.07, 6.45) is 0.814. The molecule has 1 N–H and O–H groups in total. The second kappa shape index (κ2) is 12.1. The molecule has 0 saturated carbocycles. The highest BCUT2D eigenvalue weighted by Gasteiger charge is 2.19. The van der Waals surface area contributed by atoms with Crippen molar-refractivity contribution in [3.63, 3.8) is 0 Å². The summed E-state index contributed by atoms with van der Waals surface area (Å²) in [6, 6.07) is 5.70. The van der Waals surface area contributed by atoms with Crippen LogP contribution < -0.4 is 9.47 Å². The second-order valence-electron chi connectivity index (χ2n) is 6.15. The molecule has 1 aromatic rings. The lowest BCUT2D eigenvalue weighted by Crippen LogP contribution is -2.38. The first-order valence-electron chi connectivity index (χ1n) is 8.73. The van der Waals surface area contributed by atoms with Crippen LogP contribution in [-0.2, 0) is 26.0 Å². The minimum Gasteiger partial charge on any atom is -0.493 e. The van der Waals surface area contributed by atoms with Gasteiger partial charge >= 0.3 is 0 Å². The molecule has 0 bridgehead atoms. The standard InChI is InChI=1S/C18H31NO7S/c1-23-11-10-19(9-6-12-27(20,21)22)14-16(24-2)13-15-7-5-8-17(25-3)18(15)26-4/h5,7-8,16H,6,9-14H2,1-4H3,(H,20,21,22). The normalized spacial score (nSPS) is 13.0. The molecule has 0 amide bonds. The van der Waals surface area contributed by atoms with Crippen molar-refractivity contribution in [2.75, 3.05) is 60.4 Å². The van der Waals surface area contributed by atoms with Crippen molar-refractivity contribution in [2.45, 2.75) is 18.9 Å². The molecular weight excluding hydrogens is 374 g/mol. The maximum absolute atomic E-state index is 10.9. The molecule has 1 atom stereocenters. The van der Waals surface area contributed by atoms with Crippen LogP contribution in [-0.4, -0.2) is 84.4 Å². The summed E-state index contributed by atoms with van der Waals surface area (Å²) < 4.78 is 52.4. The highest BCUT2D eigenvalue weighted by Crippen LogP contribution is 2.31. The van der Waals surface area contributed by atoms with Gasteiger partial charge in [-0.1, -0.05) is 12.1 Å². The first-order valence-corrected chi connectivity index (χ1v) is 10.3. The van der Waals surface area contributed by atoms with Crippen molar-refractivity contribution in [3.8, 4) is 11.5 Å². The number of methoxy groups -OCH3 is 4. The van der Waals surface area contributed by atoms with Gasteiger partial charge in [0.25, 0.3) is 10.1 Å². The Morgan fingerprint density at radius 2 is 1.85 bits per heavy atom. The molecule has 0 radical (unpaired) electrons. The van der Waals surface area contributed by atoms with E-state index in [0.29, 0.717) is 50.6 Å². The molecule has 0 spiro atoms. The number of hydrogen-bond acceptors (Lipinski definition) is 7. The van der Waals surface area contributed by atoms with E-state index in [1.54, 1.807) is 28.4 Å². The van der Waals surface area contributed by atoms with E-state index in [9.17, 15) is 8.42 Å². The van der Waals surface area contributed by atoms with Gasteiger partial charge in [0.2, 0.25) is 0 Å². The Balaban J connectivity index is 2.79. The number of rotatable bonds is 14. The highest BCUT2D eigenvalue weighted by atomic mass is 32.2. The Kier molecular flexibility index (Phi) is 10.6. The molecule has 1 rings (SSSR count). The molecule has 0 heterocycles. The molecule has 156 valence electrons. The number of benzene rings is 1. The summed E-state index contributed by atoms with van der Waals surface area (Å²) in [5, 5.41) is 0. The molecule has 1 aromatic carbocycles. The average Bonchev–Trinajstić information content (AvgIpc) is 2.63. The zero-order valence-corrected chi connectivity index (χ0v) is 17.3. The quantitative estimate of drug-likeness (QED) is 0.465. The third kappa shape index (κ3) is 8.89. The molecule has 1 unspecified atom stereocenters. The van der Waals surface area contributed by atoms with Crippen molar-refractivity contribution in [1.29, 1.82) is 0 Å². The molecule has 0 aliphatic rings. The third-order valence-electron chi connectivity index (χ3n) is 4.22. The largest absolute Gasteiger partial charge is 0.493 e. The highest BCUT2D eigenvalue weighted by molar-refractivity contribution is 7.85. The SMILES string of the molecule is COCCN(CCCS(=O)(=O)O)CC(Cc1cccc(OC)c1OC)OC. The molecule has 8 nitrogen and oxygen atoms in total. The van der Waals surface area contributed by atoms with Crippen LogP contribution >= 0.6 is 0 Å². The van der Waals surface area contributed by atoms with E-state index in [1.807, 2.05) is 18.2 Å². The molecule has 0 fully saturated rings. The van der Waals surface area contributed by atoms with Crippen LogP contribution in [0.15, 0.2) is 18.2 Å². The lowest BCUT2D eigenvalue weighted by molar-refractivity contribution is 0.0534. The van der Waals surface area contributed by atoms with Crippen LogP contribution in [0.2, 0.25) is 0 Å². The van der Waals surface area contributed by atoms with Gasteiger partial charge in [0.05, 0.1) is 32.7 Å². The monoisotopic (exact) mass is 405 g/mol. The van der Waals surface area contributed by atoms with Crippen LogP contribution in [0.5, 0.6) is 11.5 Å². The van der Waals surface area contributed by atoms with Crippen LogP contribution in [0.1, 0.15) is 12.0 Å². The molecule has 27 heavy (non-hydrogen) atoms. The number of ether oxygens (including phenoxy) is 4. The van der Waals surface area contributed by atoms with Crippen molar-refractivity contribution < 1.29 is 31.9 Å². The molecule has 0 aromatic heterocycles. The second-order valence-corrected chi connectivity index (χ2v) is 7.72. The van der Waals surface area contributed by atoms with E-state index in [1.165, 1.54) is 0 Å². The minimum absolute atomic E-state index is 0.131. The summed E-state index contributed by atoms with van der Waals surface area (Å²) in [4.78, 5) is 2.06. The minimum atomic E-state index is -3.96. The first kappa shape index (κ1) is 23.6. The van der Waals surface area contributed by atoms with Gasteiger partial charge in [-0.3, -0.25) is 9.45 Å². The summed E-state index contributed by atoms with van der Waals surface area (Å²) in [7, 11) is 2.49. The van der Waals surface area contributed by atoms with Gasteiger partial charge in [-0.05, 0) is 19.0 Å². The molecule has 0 aliphatic carbocycles. The summed E-state index contributed by atoms with van der Waals surface area (Å²) in [6.45, 7) is 2.26. The topological polar surface area (TPSA) is 94.5 Å². The van der Waals surface area contributed by atoms with Gasteiger partial charge < -0.3 is 18.9 Å². The smallest absolute Gasteiger partial charge is 0.264 e. The van der Waals surface area contributed by atoms with Gasteiger partial charge in [-0.25, -0.2) is 0 Å². The maximum Gasteiger partial charge on any atom is 0.264 e. The lowest BCUT2D eigenvalue weighted by atomic mass is 10.1. The zero-order valence-electron chi connectivity index (χ0n) is 16.5. The zero-order chi connectivity index (χ0) is 20.3. The average molecular weight is 406 g/mol. The fourth-order valence-electron chi connectivity index (χ4n) is 2.86.